The molecule has 0 aliphatic carbocycles. The first-order chi connectivity index (χ1) is 16.4. The van der Waals surface area contributed by atoms with Gasteiger partial charge in [-0.05, 0) is 49.4 Å². The summed E-state index contributed by atoms with van der Waals surface area (Å²) >= 11 is 7.08. The van der Waals surface area contributed by atoms with Crippen LogP contribution in [0, 0.1) is 5.82 Å². The van der Waals surface area contributed by atoms with Gasteiger partial charge in [0.15, 0.2) is 16.7 Å². The Morgan fingerprint density at radius 3 is 2.76 bits per heavy atom. The van der Waals surface area contributed by atoms with Gasteiger partial charge in [-0.1, -0.05) is 35.5 Å². The van der Waals surface area contributed by atoms with Gasteiger partial charge in [0.25, 0.3) is 5.56 Å². The number of ether oxygens (including phenoxy) is 2. The van der Waals surface area contributed by atoms with Crippen molar-refractivity contribution in [2.24, 2.45) is 0 Å². The molecule has 172 valence electrons. The number of fused-ring (bicyclic) bond motifs is 2. The van der Waals surface area contributed by atoms with E-state index in [1.54, 1.807) is 49.4 Å². The molecule has 0 fully saturated rings. The van der Waals surface area contributed by atoms with E-state index in [-0.39, 0.29) is 28.4 Å². The first kappa shape index (κ1) is 22.2. The van der Waals surface area contributed by atoms with Crippen molar-refractivity contribution in [3.8, 4) is 17.2 Å². The van der Waals surface area contributed by atoms with Crippen LogP contribution < -0.4 is 20.3 Å². The van der Waals surface area contributed by atoms with Gasteiger partial charge in [0.05, 0.1) is 26.9 Å². The summed E-state index contributed by atoms with van der Waals surface area (Å²) in [5.74, 6) is 0.270. The number of benzene rings is 3. The third-order valence-corrected chi connectivity index (χ3v) is 6.54. The lowest BCUT2D eigenvalue weighted by molar-refractivity contribution is -0.115. The zero-order chi connectivity index (χ0) is 23.8. The molecule has 1 atom stereocenters. The summed E-state index contributed by atoms with van der Waals surface area (Å²) in [5, 5.41) is 2.76. The van der Waals surface area contributed by atoms with E-state index < -0.39 is 11.1 Å². The predicted molar refractivity (Wildman–Crippen MR) is 129 cm³/mol. The minimum atomic E-state index is -0.624. The summed E-state index contributed by atoms with van der Waals surface area (Å²) in [6.45, 7) is 1.84. The number of hydrogen-bond acceptors (Lipinski definition) is 6. The fourth-order valence-corrected chi connectivity index (χ4v) is 4.57. The van der Waals surface area contributed by atoms with Crippen molar-refractivity contribution in [3.63, 3.8) is 0 Å². The van der Waals surface area contributed by atoms with Crippen molar-refractivity contribution in [1.82, 2.24) is 9.55 Å². The topological polar surface area (TPSA) is 82.5 Å². The summed E-state index contributed by atoms with van der Waals surface area (Å²) in [6.07, 6.45) is 0. The number of hydrogen-bond donors (Lipinski definition) is 1. The molecule has 1 aliphatic rings. The molecule has 0 saturated heterocycles. The first-order valence-corrected chi connectivity index (χ1v) is 11.5. The molecular formula is C24H17ClFN3O4S. The molecule has 1 aromatic heterocycles. The maximum atomic E-state index is 13.8. The summed E-state index contributed by atoms with van der Waals surface area (Å²) in [7, 11) is 0. The Balaban J connectivity index is 1.49. The fourth-order valence-electron chi connectivity index (χ4n) is 3.47. The van der Waals surface area contributed by atoms with Crippen molar-refractivity contribution in [3.05, 3.63) is 81.9 Å². The number of anilines is 1. The third kappa shape index (κ3) is 4.20. The van der Waals surface area contributed by atoms with Gasteiger partial charge in [0.1, 0.15) is 5.82 Å². The van der Waals surface area contributed by atoms with E-state index in [2.05, 4.69) is 10.3 Å². The Hall–Kier alpha value is -3.56. The van der Waals surface area contributed by atoms with Crippen LogP contribution in [0.15, 0.2) is 70.6 Å². The highest BCUT2D eigenvalue weighted by atomic mass is 35.5. The van der Waals surface area contributed by atoms with E-state index in [0.29, 0.717) is 33.8 Å². The first-order valence-electron chi connectivity index (χ1n) is 10.2. The molecule has 0 spiro atoms. The summed E-state index contributed by atoms with van der Waals surface area (Å²) < 4.78 is 25.7. The Morgan fingerprint density at radius 2 is 1.94 bits per heavy atom. The van der Waals surface area contributed by atoms with Crippen LogP contribution in [-0.4, -0.2) is 27.5 Å². The van der Waals surface area contributed by atoms with Crippen molar-refractivity contribution < 1.29 is 18.7 Å². The SMILES string of the molecule is C[C@@H](Sc1nc2ccccc2c(=O)n1-c1ccc(F)c(Cl)c1)C(=O)Nc1ccc2c(c1)OCO2. The third-order valence-electron chi connectivity index (χ3n) is 5.20. The minimum Gasteiger partial charge on any atom is -0.454 e. The number of amides is 1. The zero-order valence-electron chi connectivity index (χ0n) is 17.7. The number of carbonyl (C=O) groups is 1. The Bertz CT molecular complexity index is 1490. The maximum Gasteiger partial charge on any atom is 0.266 e. The highest BCUT2D eigenvalue weighted by Crippen LogP contribution is 2.34. The number of nitrogens with one attached hydrogen (secondary N) is 1. The molecule has 5 rings (SSSR count). The molecule has 0 radical (unpaired) electrons. The van der Waals surface area contributed by atoms with Crippen molar-refractivity contribution in [2.75, 3.05) is 12.1 Å². The largest absolute Gasteiger partial charge is 0.454 e. The molecular weight excluding hydrogens is 481 g/mol. The molecule has 34 heavy (non-hydrogen) atoms. The maximum absolute atomic E-state index is 13.8. The van der Waals surface area contributed by atoms with Crippen LogP contribution in [0.4, 0.5) is 10.1 Å². The summed E-state index contributed by atoms with van der Waals surface area (Å²) in [6, 6.07) is 16.0. The molecule has 0 unspecified atom stereocenters. The van der Waals surface area contributed by atoms with E-state index >= 15 is 0 Å². The lowest BCUT2D eigenvalue weighted by atomic mass is 10.2. The highest BCUT2D eigenvalue weighted by molar-refractivity contribution is 8.00. The molecule has 1 aliphatic heterocycles. The van der Waals surface area contributed by atoms with Crippen molar-refractivity contribution in [1.29, 1.82) is 0 Å². The monoisotopic (exact) mass is 497 g/mol. The van der Waals surface area contributed by atoms with Gasteiger partial charge in [0, 0.05) is 11.8 Å². The van der Waals surface area contributed by atoms with Crippen LogP contribution in [0.5, 0.6) is 11.5 Å². The fraction of sp³-hybridized carbons (Fsp3) is 0.125. The number of carbonyl (C=O) groups excluding carboxylic acids is 1. The standard InChI is InChI=1S/C24H17ClFN3O4S/c1-13(22(30)27-14-6-9-20-21(10-14)33-12-32-20)34-24-28-19-5-3-2-4-16(19)23(31)29(24)15-7-8-18(26)17(25)11-15/h2-11,13H,12H2,1H3,(H,27,30)/t13-/m1/s1. The molecule has 0 saturated carbocycles. The zero-order valence-corrected chi connectivity index (χ0v) is 19.3. The lowest BCUT2D eigenvalue weighted by Crippen LogP contribution is -2.26. The molecule has 3 aromatic carbocycles. The molecule has 1 N–H and O–H groups in total. The van der Waals surface area contributed by atoms with Crippen LogP contribution in [0.2, 0.25) is 5.02 Å². The number of halogens is 2. The van der Waals surface area contributed by atoms with E-state index in [4.69, 9.17) is 21.1 Å². The van der Waals surface area contributed by atoms with E-state index in [9.17, 15) is 14.0 Å². The van der Waals surface area contributed by atoms with Gasteiger partial charge in [-0.15, -0.1) is 0 Å². The summed E-state index contributed by atoms with van der Waals surface area (Å²) in [4.78, 5) is 30.9. The van der Waals surface area contributed by atoms with Gasteiger partial charge in [-0.25, -0.2) is 9.37 Å². The number of thioether (sulfide) groups is 1. The Kier molecular flexibility index (Phi) is 5.89. The Morgan fingerprint density at radius 1 is 1.15 bits per heavy atom. The second-order valence-corrected chi connectivity index (χ2v) is 9.18. The second-order valence-electron chi connectivity index (χ2n) is 7.47. The second kappa shape index (κ2) is 9.00. The number of aromatic nitrogens is 2. The Labute approximate surface area is 202 Å². The number of nitrogens with zero attached hydrogens (tertiary/aromatic N) is 2. The van der Waals surface area contributed by atoms with Gasteiger partial charge in [-0.3, -0.25) is 14.2 Å². The van der Waals surface area contributed by atoms with Crippen LogP contribution in [0.3, 0.4) is 0 Å². The average Bonchev–Trinajstić information content (AvgIpc) is 3.29. The van der Waals surface area contributed by atoms with Crippen LogP contribution in [0.25, 0.3) is 16.6 Å². The molecule has 7 nitrogen and oxygen atoms in total. The smallest absolute Gasteiger partial charge is 0.266 e. The average molecular weight is 498 g/mol. The minimum absolute atomic E-state index is 0.123. The normalized spacial score (nSPS) is 13.1. The summed E-state index contributed by atoms with van der Waals surface area (Å²) in [5.41, 5.74) is 1.04. The molecule has 10 heteroatoms. The van der Waals surface area contributed by atoms with Crippen LogP contribution in [0.1, 0.15) is 6.92 Å². The van der Waals surface area contributed by atoms with Gasteiger partial charge in [0.2, 0.25) is 12.7 Å². The number of para-hydroxylation sites is 1. The van der Waals surface area contributed by atoms with Gasteiger partial charge in [-0.2, -0.15) is 0 Å². The predicted octanol–water partition coefficient (Wildman–Crippen LogP) is 5.03. The van der Waals surface area contributed by atoms with E-state index in [1.165, 1.54) is 22.8 Å². The number of rotatable bonds is 5. The molecule has 0 bridgehead atoms. The highest BCUT2D eigenvalue weighted by Gasteiger charge is 2.22. The van der Waals surface area contributed by atoms with Crippen molar-refractivity contribution >= 4 is 45.9 Å². The van der Waals surface area contributed by atoms with E-state index in [0.717, 1.165) is 11.8 Å². The van der Waals surface area contributed by atoms with Crippen molar-refractivity contribution in [2.45, 2.75) is 17.3 Å². The van der Waals surface area contributed by atoms with Crippen LogP contribution >= 0.6 is 23.4 Å². The quantitative estimate of drug-likeness (QED) is 0.308. The lowest BCUT2D eigenvalue weighted by Gasteiger charge is -2.17. The van der Waals surface area contributed by atoms with Gasteiger partial charge < -0.3 is 14.8 Å². The van der Waals surface area contributed by atoms with Gasteiger partial charge >= 0.3 is 0 Å². The molecule has 2 heterocycles. The van der Waals surface area contributed by atoms with E-state index in [1.807, 2.05) is 0 Å². The molecule has 4 aromatic rings. The molecule has 1 amide bonds. The van der Waals surface area contributed by atoms with Crippen LogP contribution in [-0.2, 0) is 4.79 Å².